The molecule has 4 fully saturated rings. The van der Waals surface area contributed by atoms with E-state index in [1.54, 1.807) is 38.5 Å². The van der Waals surface area contributed by atoms with E-state index in [-0.39, 0.29) is 23.8 Å². The van der Waals surface area contributed by atoms with Crippen molar-refractivity contribution in [2.75, 3.05) is 38.2 Å². The van der Waals surface area contributed by atoms with Crippen LogP contribution < -0.4 is 9.64 Å². The number of ether oxygens (including phenoxy) is 1. The highest BCUT2D eigenvalue weighted by molar-refractivity contribution is 5.97. The number of rotatable bonds is 8. The number of fused-ring (bicyclic) bond motifs is 5. The third-order valence-corrected chi connectivity index (χ3v) is 10.6. The second-order valence-electron chi connectivity index (χ2n) is 13.3. The molecular formula is C36H38FN7O3. The average molecular weight is 636 g/mol. The molecular weight excluding hydrogens is 597 g/mol. The molecule has 10 nitrogen and oxygen atoms in total. The number of carbonyl (C=O) groups is 2. The van der Waals surface area contributed by atoms with Gasteiger partial charge in [0.25, 0.3) is 5.91 Å². The van der Waals surface area contributed by atoms with Crippen molar-refractivity contribution < 1.29 is 18.7 Å². The third kappa shape index (κ3) is 5.26. The summed E-state index contributed by atoms with van der Waals surface area (Å²) in [6, 6.07) is 11.8. The molecule has 1 aromatic carbocycles. The highest BCUT2D eigenvalue weighted by atomic mass is 19.1. The van der Waals surface area contributed by atoms with Crippen LogP contribution in [0.2, 0.25) is 0 Å². The van der Waals surface area contributed by atoms with Crippen molar-refractivity contribution in [1.82, 2.24) is 24.4 Å². The van der Waals surface area contributed by atoms with Crippen molar-refractivity contribution in [3.05, 3.63) is 77.5 Å². The minimum Gasteiger partial charge on any atom is -0.491 e. The van der Waals surface area contributed by atoms with E-state index in [4.69, 9.17) is 9.72 Å². The van der Waals surface area contributed by atoms with E-state index in [1.807, 2.05) is 33.9 Å². The molecule has 4 aliphatic rings. The molecule has 7 heterocycles. The van der Waals surface area contributed by atoms with Gasteiger partial charge in [0.05, 0.1) is 30.0 Å². The Morgan fingerprint density at radius 2 is 1.91 bits per heavy atom. The number of hydrogen-bond donors (Lipinski definition) is 0. The number of Topliss-reactive ketones (excluding diaryl/α,β-unsaturated/α-hetero) is 1. The molecule has 1 amide bonds. The number of piperidine rings is 1. The summed E-state index contributed by atoms with van der Waals surface area (Å²) in [6.07, 6.45) is 11.8. The number of aliphatic imine (C=N–C) groups is 1. The first kappa shape index (κ1) is 29.7. The lowest BCUT2D eigenvalue weighted by Crippen LogP contribution is -2.49. The van der Waals surface area contributed by atoms with Gasteiger partial charge in [-0.05, 0) is 62.1 Å². The SMILES string of the molecule is CN=Cc1cnn2cc(OCCN3C4CCC3CC(=O)C4)cc(-c3ccc(N4CC5CC4CN5C(=O)c4cccc(F)c4C)nc3)c12. The number of ketones is 1. The van der Waals surface area contributed by atoms with Gasteiger partial charge in [-0.1, -0.05) is 6.07 Å². The molecule has 0 spiro atoms. The lowest BCUT2D eigenvalue weighted by Gasteiger charge is -2.35. The molecule has 11 heteroatoms. The molecule has 4 unspecified atom stereocenters. The van der Waals surface area contributed by atoms with E-state index in [0.29, 0.717) is 61.5 Å². The topological polar surface area (TPSA) is 95.6 Å². The zero-order valence-electron chi connectivity index (χ0n) is 26.7. The first-order valence-corrected chi connectivity index (χ1v) is 16.5. The highest BCUT2D eigenvalue weighted by Crippen LogP contribution is 2.37. The standard InChI is InChI=1S/C36H38FN7O3/c1-22-31(4-3-5-33(22)37)36(46)43-20-27-12-28(43)19-42(27)34-9-6-23(17-39-34)32-15-30(21-44-35(32)24(16-38-2)18-40-44)47-11-10-41-25-7-8-26(41)14-29(45)13-25/h3-6,9,15-18,21,25-28H,7-8,10-14,19-20H2,1-2H3. The van der Waals surface area contributed by atoms with Gasteiger partial charge in [-0.3, -0.25) is 19.5 Å². The van der Waals surface area contributed by atoms with Crippen molar-refractivity contribution in [1.29, 1.82) is 0 Å². The molecule has 0 radical (unpaired) electrons. The van der Waals surface area contributed by atoms with Crippen molar-refractivity contribution in [3.8, 4) is 16.9 Å². The van der Waals surface area contributed by atoms with Crippen LogP contribution in [-0.4, -0.2) is 99.8 Å². The smallest absolute Gasteiger partial charge is 0.254 e. The quantitative estimate of drug-likeness (QED) is 0.262. The Morgan fingerprint density at radius 3 is 2.64 bits per heavy atom. The summed E-state index contributed by atoms with van der Waals surface area (Å²) in [6.45, 7) is 4.27. The van der Waals surface area contributed by atoms with Crippen LogP contribution in [0, 0.1) is 12.7 Å². The van der Waals surface area contributed by atoms with Crippen molar-refractivity contribution in [2.24, 2.45) is 4.99 Å². The lowest BCUT2D eigenvalue weighted by atomic mass is 10.0. The number of amides is 1. The second-order valence-corrected chi connectivity index (χ2v) is 13.3. The molecule has 4 aromatic rings. The molecule has 0 aliphatic carbocycles. The van der Waals surface area contributed by atoms with Crippen LogP contribution in [-0.2, 0) is 4.79 Å². The molecule has 0 saturated carbocycles. The number of piperazine rings is 1. The maximum atomic E-state index is 14.2. The molecule has 4 saturated heterocycles. The van der Waals surface area contributed by atoms with Gasteiger partial charge in [0.2, 0.25) is 0 Å². The van der Waals surface area contributed by atoms with Crippen LogP contribution in [0.15, 0.2) is 60.0 Å². The van der Waals surface area contributed by atoms with E-state index in [0.717, 1.165) is 59.6 Å². The molecule has 4 bridgehead atoms. The zero-order chi connectivity index (χ0) is 32.2. The minimum absolute atomic E-state index is 0.0633. The monoisotopic (exact) mass is 635 g/mol. The number of aromatic nitrogens is 3. The Hall–Kier alpha value is -4.64. The Kier molecular flexibility index (Phi) is 7.51. The summed E-state index contributed by atoms with van der Waals surface area (Å²) >= 11 is 0. The van der Waals surface area contributed by atoms with E-state index >= 15 is 0 Å². The summed E-state index contributed by atoms with van der Waals surface area (Å²) < 4.78 is 22.3. The summed E-state index contributed by atoms with van der Waals surface area (Å²) in [5, 5.41) is 4.60. The predicted octanol–water partition coefficient (Wildman–Crippen LogP) is 4.57. The Morgan fingerprint density at radius 1 is 1.09 bits per heavy atom. The van der Waals surface area contributed by atoms with Crippen molar-refractivity contribution in [2.45, 2.75) is 63.2 Å². The summed E-state index contributed by atoms with van der Waals surface area (Å²) in [4.78, 5) is 41.1. The fraction of sp³-hybridized carbons (Fsp3) is 0.417. The largest absolute Gasteiger partial charge is 0.491 e. The first-order chi connectivity index (χ1) is 22.9. The Bertz CT molecular complexity index is 1870. The minimum atomic E-state index is -0.353. The van der Waals surface area contributed by atoms with Gasteiger partial charge < -0.3 is 14.5 Å². The van der Waals surface area contributed by atoms with Crippen LogP contribution in [0.4, 0.5) is 10.2 Å². The van der Waals surface area contributed by atoms with Crippen LogP contribution in [0.3, 0.4) is 0 Å². The lowest BCUT2D eigenvalue weighted by molar-refractivity contribution is -0.123. The van der Waals surface area contributed by atoms with Gasteiger partial charge in [-0.15, -0.1) is 0 Å². The molecule has 8 rings (SSSR count). The Labute approximate surface area is 272 Å². The number of halogens is 1. The van der Waals surface area contributed by atoms with Crippen LogP contribution >= 0.6 is 0 Å². The van der Waals surface area contributed by atoms with Crippen LogP contribution in [0.1, 0.15) is 53.6 Å². The van der Waals surface area contributed by atoms with Gasteiger partial charge in [-0.25, -0.2) is 13.9 Å². The van der Waals surface area contributed by atoms with E-state index in [9.17, 15) is 14.0 Å². The second kappa shape index (κ2) is 11.9. The van der Waals surface area contributed by atoms with Gasteiger partial charge in [0, 0.05) is 86.3 Å². The number of carbonyl (C=O) groups excluding carboxylic acids is 2. The van der Waals surface area contributed by atoms with E-state index in [1.165, 1.54) is 6.07 Å². The number of anilines is 1. The summed E-state index contributed by atoms with van der Waals surface area (Å²) in [7, 11) is 1.75. The van der Waals surface area contributed by atoms with Crippen LogP contribution in [0.5, 0.6) is 5.75 Å². The summed E-state index contributed by atoms with van der Waals surface area (Å²) in [5.41, 5.74) is 4.55. The fourth-order valence-corrected chi connectivity index (χ4v) is 8.25. The Balaban J connectivity index is 0.997. The van der Waals surface area contributed by atoms with Gasteiger partial charge in [0.1, 0.15) is 29.8 Å². The summed E-state index contributed by atoms with van der Waals surface area (Å²) in [5.74, 6) is 1.52. The number of pyridine rings is 2. The molecule has 47 heavy (non-hydrogen) atoms. The number of likely N-dealkylation sites (tertiary alicyclic amines) is 1. The molecule has 3 aromatic heterocycles. The zero-order valence-corrected chi connectivity index (χ0v) is 26.7. The van der Waals surface area contributed by atoms with Gasteiger partial charge in [-0.2, -0.15) is 5.10 Å². The maximum Gasteiger partial charge on any atom is 0.254 e. The maximum absolute atomic E-state index is 14.2. The van der Waals surface area contributed by atoms with Crippen LogP contribution in [0.25, 0.3) is 16.6 Å². The van der Waals surface area contributed by atoms with Gasteiger partial charge >= 0.3 is 0 Å². The van der Waals surface area contributed by atoms with E-state index < -0.39 is 0 Å². The highest BCUT2D eigenvalue weighted by Gasteiger charge is 2.46. The molecule has 242 valence electrons. The number of benzene rings is 1. The van der Waals surface area contributed by atoms with Crippen molar-refractivity contribution >= 4 is 29.2 Å². The molecule has 0 N–H and O–H groups in total. The third-order valence-electron chi connectivity index (χ3n) is 10.6. The predicted molar refractivity (Wildman–Crippen MR) is 177 cm³/mol. The van der Waals surface area contributed by atoms with Gasteiger partial charge in [0.15, 0.2) is 0 Å². The fourth-order valence-electron chi connectivity index (χ4n) is 8.25. The normalized spacial score (nSPS) is 23.9. The first-order valence-electron chi connectivity index (χ1n) is 16.5. The number of nitrogens with zero attached hydrogens (tertiary/aromatic N) is 7. The number of hydrogen-bond acceptors (Lipinski definition) is 8. The van der Waals surface area contributed by atoms with Crippen molar-refractivity contribution in [3.63, 3.8) is 0 Å². The average Bonchev–Trinajstić information content (AvgIpc) is 3.85. The molecule has 4 atom stereocenters. The van der Waals surface area contributed by atoms with E-state index in [2.05, 4.69) is 26.0 Å². The molecule has 4 aliphatic heterocycles.